The number of amides is 1. The largest absolute Gasteiger partial charge is 0.465 e. The maximum absolute atomic E-state index is 13.0. The number of hydrogen-bond acceptors (Lipinski definition) is 6. The van der Waals surface area contributed by atoms with E-state index in [9.17, 15) is 9.59 Å². The minimum atomic E-state index is -0.381. The molecule has 2 aromatic carbocycles. The van der Waals surface area contributed by atoms with Gasteiger partial charge in [0.2, 0.25) is 5.91 Å². The van der Waals surface area contributed by atoms with Crippen LogP contribution in [0.1, 0.15) is 40.1 Å². The van der Waals surface area contributed by atoms with Gasteiger partial charge in [-0.3, -0.25) is 9.36 Å². The van der Waals surface area contributed by atoms with Gasteiger partial charge >= 0.3 is 5.97 Å². The number of thiophene rings is 1. The number of fused-ring (bicyclic) bond motifs is 2. The Morgan fingerprint density at radius 2 is 1.82 bits per heavy atom. The van der Waals surface area contributed by atoms with Crippen LogP contribution in [0.25, 0.3) is 16.7 Å². The highest BCUT2D eigenvalue weighted by atomic mass is 32.2. The number of imidazole rings is 1. The third kappa shape index (κ3) is 4.48. The van der Waals surface area contributed by atoms with E-state index >= 15 is 0 Å². The van der Waals surface area contributed by atoms with Crippen molar-refractivity contribution in [2.24, 2.45) is 0 Å². The number of aryl methyl sites for hydroxylation is 1. The molecule has 0 saturated carbocycles. The van der Waals surface area contributed by atoms with Gasteiger partial charge in [0.1, 0.15) is 5.00 Å². The summed E-state index contributed by atoms with van der Waals surface area (Å²) >= 11 is 2.89. The van der Waals surface area contributed by atoms with Crippen LogP contribution in [0.3, 0.4) is 0 Å². The highest BCUT2D eigenvalue weighted by molar-refractivity contribution is 7.99. The van der Waals surface area contributed by atoms with Gasteiger partial charge in [-0.1, -0.05) is 48.5 Å². The van der Waals surface area contributed by atoms with Gasteiger partial charge in [-0.05, 0) is 55.5 Å². The second kappa shape index (κ2) is 10.0. The van der Waals surface area contributed by atoms with Crippen molar-refractivity contribution in [3.05, 3.63) is 70.6 Å². The van der Waals surface area contributed by atoms with Crippen LogP contribution in [-0.4, -0.2) is 34.3 Å². The summed E-state index contributed by atoms with van der Waals surface area (Å²) in [5.41, 5.74) is 4.44. The van der Waals surface area contributed by atoms with Crippen molar-refractivity contribution in [2.45, 2.75) is 37.3 Å². The fourth-order valence-electron chi connectivity index (χ4n) is 4.37. The number of carbonyl (C=O) groups excluding carboxylic acids is 2. The quantitative estimate of drug-likeness (QED) is 0.207. The van der Waals surface area contributed by atoms with Crippen LogP contribution in [-0.2, 0) is 22.4 Å². The van der Waals surface area contributed by atoms with Crippen molar-refractivity contribution in [2.75, 3.05) is 18.2 Å². The molecular formula is C26H25N3O3S2. The molecule has 34 heavy (non-hydrogen) atoms. The number of carbonyl (C=O) groups is 2. The fourth-order valence-corrected chi connectivity index (χ4v) is 6.49. The van der Waals surface area contributed by atoms with Gasteiger partial charge < -0.3 is 10.1 Å². The van der Waals surface area contributed by atoms with Crippen LogP contribution in [0.5, 0.6) is 0 Å². The lowest BCUT2D eigenvalue weighted by Crippen LogP contribution is -2.16. The second-order valence-corrected chi connectivity index (χ2v) is 10.2. The Morgan fingerprint density at radius 1 is 1.06 bits per heavy atom. The molecule has 1 aliphatic carbocycles. The summed E-state index contributed by atoms with van der Waals surface area (Å²) in [7, 11) is 1.39. The van der Waals surface area contributed by atoms with Crippen LogP contribution >= 0.6 is 23.1 Å². The maximum atomic E-state index is 13.0. The molecule has 0 fully saturated rings. The van der Waals surface area contributed by atoms with Crippen LogP contribution in [0.2, 0.25) is 0 Å². The molecule has 6 nitrogen and oxygen atoms in total. The molecule has 5 rings (SSSR count). The van der Waals surface area contributed by atoms with E-state index in [2.05, 4.69) is 9.88 Å². The number of anilines is 1. The summed E-state index contributed by atoms with van der Waals surface area (Å²) in [5, 5.41) is 4.33. The zero-order chi connectivity index (χ0) is 23.5. The molecule has 1 aliphatic rings. The lowest BCUT2D eigenvalue weighted by atomic mass is 10.1. The first-order valence-electron chi connectivity index (χ1n) is 11.3. The van der Waals surface area contributed by atoms with Crippen molar-refractivity contribution < 1.29 is 14.3 Å². The zero-order valence-electron chi connectivity index (χ0n) is 18.9. The number of para-hydroxylation sites is 3. The number of esters is 1. The average Bonchev–Trinajstić information content (AvgIpc) is 3.31. The number of hydrogen-bond donors (Lipinski definition) is 1. The van der Waals surface area contributed by atoms with Crippen LogP contribution < -0.4 is 5.32 Å². The first-order valence-corrected chi connectivity index (χ1v) is 13.1. The molecule has 0 bridgehead atoms. The SMILES string of the molecule is COC(=O)c1c(NC(=O)CSc2nc3ccccc3n2-c2ccccc2)sc2c1CCCCC2. The first-order chi connectivity index (χ1) is 16.7. The number of ether oxygens (including phenoxy) is 1. The number of thioether (sulfide) groups is 1. The van der Waals surface area contributed by atoms with E-state index < -0.39 is 0 Å². The Hall–Kier alpha value is -3.10. The van der Waals surface area contributed by atoms with E-state index in [0.717, 1.165) is 59.5 Å². The number of methoxy groups -OCH3 is 1. The molecule has 0 unspecified atom stereocenters. The van der Waals surface area contributed by atoms with Crippen molar-refractivity contribution in [1.29, 1.82) is 0 Å². The predicted molar refractivity (Wildman–Crippen MR) is 137 cm³/mol. The summed E-state index contributed by atoms with van der Waals surface area (Å²) in [6.07, 6.45) is 5.10. The Balaban J connectivity index is 1.39. The number of nitrogens with zero attached hydrogens (tertiary/aromatic N) is 2. The van der Waals surface area contributed by atoms with Gasteiger partial charge in [0.05, 0.1) is 29.5 Å². The highest BCUT2D eigenvalue weighted by Crippen LogP contribution is 2.38. The first kappa shape index (κ1) is 22.7. The van der Waals surface area contributed by atoms with Crippen molar-refractivity contribution in [3.63, 3.8) is 0 Å². The number of aromatic nitrogens is 2. The monoisotopic (exact) mass is 491 g/mol. The van der Waals surface area contributed by atoms with E-state index in [0.29, 0.717) is 10.6 Å². The highest BCUT2D eigenvalue weighted by Gasteiger charge is 2.26. The van der Waals surface area contributed by atoms with Gasteiger partial charge in [0.25, 0.3) is 0 Å². The van der Waals surface area contributed by atoms with Crippen molar-refractivity contribution in [1.82, 2.24) is 9.55 Å². The number of benzene rings is 2. The number of rotatable bonds is 6. The molecule has 2 aromatic heterocycles. The zero-order valence-corrected chi connectivity index (χ0v) is 20.5. The standard InChI is InChI=1S/C26H25N3O3S2/c1-32-25(31)23-18-12-6-3-7-15-21(18)34-24(23)28-22(30)16-33-26-27-19-13-8-9-14-20(19)29(26)17-10-4-2-5-11-17/h2,4-5,8-11,13-14H,3,6-7,12,15-16H2,1H3,(H,28,30). The lowest BCUT2D eigenvalue weighted by molar-refractivity contribution is -0.113. The molecule has 0 atom stereocenters. The van der Waals surface area contributed by atoms with E-state index in [1.54, 1.807) is 0 Å². The normalized spacial score (nSPS) is 13.3. The molecule has 0 radical (unpaired) electrons. The molecule has 0 saturated heterocycles. The summed E-state index contributed by atoms with van der Waals surface area (Å²) in [4.78, 5) is 31.5. The number of nitrogens with one attached hydrogen (secondary N) is 1. The van der Waals surface area contributed by atoms with E-state index in [-0.39, 0.29) is 17.6 Å². The predicted octanol–water partition coefficient (Wildman–Crippen LogP) is 5.87. The van der Waals surface area contributed by atoms with Gasteiger partial charge in [-0.2, -0.15) is 0 Å². The van der Waals surface area contributed by atoms with Crippen LogP contribution in [0.15, 0.2) is 59.8 Å². The molecule has 0 aliphatic heterocycles. The molecular weight excluding hydrogens is 466 g/mol. The Bertz CT molecular complexity index is 1340. The van der Waals surface area contributed by atoms with Crippen LogP contribution in [0, 0.1) is 0 Å². The Kier molecular flexibility index (Phi) is 6.69. The smallest absolute Gasteiger partial charge is 0.341 e. The Labute approximate surface area is 206 Å². The van der Waals surface area contributed by atoms with E-state index in [1.807, 2.05) is 54.6 Å². The summed E-state index contributed by atoms with van der Waals surface area (Å²) < 4.78 is 7.12. The molecule has 174 valence electrons. The third-order valence-electron chi connectivity index (χ3n) is 5.94. The second-order valence-electron chi connectivity index (χ2n) is 8.15. The summed E-state index contributed by atoms with van der Waals surface area (Å²) in [6, 6.07) is 18.0. The third-order valence-corrected chi connectivity index (χ3v) is 8.09. The van der Waals surface area contributed by atoms with Gasteiger partial charge in [-0.15, -0.1) is 11.3 Å². The Morgan fingerprint density at radius 3 is 2.65 bits per heavy atom. The van der Waals surface area contributed by atoms with Gasteiger partial charge in [0.15, 0.2) is 5.16 Å². The van der Waals surface area contributed by atoms with E-state index in [4.69, 9.17) is 9.72 Å². The van der Waals surface area contributed by atoms with Crippen molar-refractivity contribution >= 4 is 51.0 Å². The molecule has 8 heteroatoms. The summed E-state index contributed by atoms with van der Waals surface area (Å²) in [5.74, 6) is -0.370. The summed E-state index contributed by atoms with van der Waals surface area (Å²) in [6.45, 7) is 0. The maximum Gasteiger partial charge on any atom is 0.341 e. The molecule has 0 spiro atoms. The van der Waals surface area contributed by atoms with Crippen molar-refractivity contribution in [3.8, 4) is 5.69 Å². The van der Waals surface area contributed by atoms with Crippen LogP contribution in [0.4, 0.5) is 5.00 Å². The average molecular weight is 492 g/mol. The lowest BCUT2D eigenvalue weighted by Gasteiger charge is -2.09. The molecule has 1 amide bonds. The molecule has 4 aromatic rings. The molecule has 2 heterocycles. The molecule has 1 N–H and O–H groups in total. The van der Waals surface area contributed by atoms with E-state index in [1.165, 1.54) is 35.1 Å². The fraction of sp³-hybridized carbons (Fsp3) is 0.269. The topological polar surface area (TPSA) is 73.2 Å². The minimum absolute atomic E-state index is 0.168. The minimum Gasteiger partial charge on any atom is -0.465 e. The van der Waals surface area contributed by atoms with Gasteiger partial charge in [0, 0.05) is 10.6 Å². The van der Waals surface area contributed by atoms with Gasteiger partial charge in [-0.25, -0.2) is 9.78 Å².